The number of sulfonamides is 1. The average molecular weight is 451 g/mol. The number of rotatable bonds is 6. The molecule has 0 fully saturated rings. The van der Waals surface area contributed by atoms with Crippen molar-refractivity contribution in [3.05, 3.63) is 58.6 Å². The maximum Gasteiger partial charge on any atom is 0.246 e. The van der Waals surface area contributed by atoms with Gasteiger partial charge in [0.2, 0.25) is 21.1 Å². The Morgan fingerprint density at radius 3 is 2.31 bits per heavy atom. The molecule has 1 aromatic heterocycles. The summed E-state index contributed by atoms with van der Waals surface area (Å²) in [6.45, 7) is 3.25. The summed E-state index contributed by atoms with van der Waals surface area (Å²) in [5.41, 5.74) is 2.86. The number of carbonyl (C=O) groups is 1. The summed E-state index contributed by atoms with van der Waals surface area (Å²) in [5.74, 6) is -0.503. The Morgan fingerprint density at radius 1 is 1.10 bits per heavy atom. The number of aromatic nitrogens is 2. The first-order valence-corrected chi connectivity index (χ1v) is 11.6. The third-order valence-corrected chi connectivity index (χ3v) is 6.39. The van der Waals surface area contributed by atoms with Crippen molar-refractivity contribution >= 4 is 49.7 Å². The summed E-state index contributed by atoms with van der Waals surface area (Å²) in [7, 11) is -3.66. The first-order valence-electron chi connectivity index (χ1n) is 8.58. The summed E-state index contributed by atoms with van der Waals surface area (Å²) in [4.78, 5) is 12.6. The van der Waals surface area contributed by atoms with Crippen molar-refractivity contribution < 1.29 is 13.2 Å². The highest BCUT2D eigenvalue weighted by atomic mass is 35.5. The normalized spacial score (nSPS) is 11.3. The fourth-order valence-corrected chi connectivity index (χ4v) is 4.70. The Hall–Kier alpha value is -2.49. The third kappa shape index (κ3) is 5.11. The van der Waals surface area contributed by atoms with E-state index >= 15 is 0 Å². The van der Waals surface area contributed by atoms with Crippen LogP contribution in [0.15, 0.2) is 42.5 Å². The van der Waals surface area contributed by atoms with Gasteiger partial charge in [0, 0.05) is 10.6 Å². The van der Waals surface area contributed by atoms with Gasteiger partial charge in [0.1, 0.15) is 11.6 Å². The second-order valence-electron chi connectivity index (χ2n) is 6.48. The number of nitrogens with zero attached hydrogens (tertiary/aromatic N) is 3. The number of benzene rings is 2. The molecule has 0 atom stereocenters. The molecule has 10 heteroatoms. The van der Waals surface area contributed by atoms with E-state index in [0.29, 0.717) is 15.7 Å². The van der Waals surface area contributed by atoms with E-state index in [4.69, 9.17) is 11.6 Å². The summed E-state index contributed by atoms with van der Waals surface area (Å²) in [6.07, 6.45) is 1.08. The third-order valence-electron chi connectivity index (χ3n) is 4.14. The van der Waals surface area contributed by atoms with Gasteiger partial charge in [-0.05, 0) is 37.1 Å². The highest BCUT2D eigenvalue weighted by molar-refractivity contribution is 7.92. The molecule has 3 aromatic rings. The van der Waals surface area contributed by atoms with E-state index < -0.39 is 15.9 Å². The van der Waals surface area contributed by atoms with Crippen molar-refractivity contribution in [3.63, 3.8) is 0 Å². The van der Waals surface area contributed by atoms with Crippen LogP contribution in [0.25, 0.3) is 10.6 Å². The van der Waals surface area contributed by atoms with Gasteiger partial charge in [0.15, 0.2) is 0 Å². The van der Waals surface area contributed by atoms with Crippen LogP contribution in [0.5, 0.6) is 0 Å². The molecule has 3 rings (SSSR count). The number of aryl methyl sites for hydroxylation is 2. The highest BCUT2D eigenvalue weighted by Crippen LogP contribution is 2.29. The molecule has 0 aliphatic carbocycles. The zero-order valence-corrected chi connectivity index (χ0v) is 18.4. The lowest BCUT2D eigenvalue weighted by Crippen LogP contribution is -2.38. The van der Waals surface area contributed by atoms with Gasteiger partial charge in [0.25, 0.3) is 0 Å². The van der Waals surface area contributed by atoms with E-state index in [1.807, 2.05) is 32.0 Å². The van der Waals surface area contributed by atoms with E-state index in [9.17, 15) is 13.2 Å². The molecule has 1 amide bonds. The molecule has 0 aliphatic heterocycles. The Morgan fingerprint density at radius 2 is 1.72 bits per heavy atom. The lowest BCUT2D eigenvalue weighted by Gasteiger charge is -2.25. The Kier molecular flexibility index (Phi) is 6.21. The molecule has 1 N–H and O–H groups in total. The summed E-state index contributed by atoms with van der Waals surface area (Å²) < 4.78 is 25.8. The standard InChI is InChI=1S/C19H19ClN4O3S2/c1-12-5-4-6-13(2)17(12)24(29(3,26)27)11-16(25)21-19-23-22-18(28-19)14-7-9-15(20)10-8-14/h4-10H,11H2,1-3H3,(H,21,23,25). The predicted octanol–water partition coefficient (Wildman–Crippen LogP) is 3.88. The molecule has 2 aromatic carbocycles. The first-order chi connectivity index (χ1) is 13.6. The maximum absolute atomic E-state index is 12.6. The molecule has 0 unspecified atom stereocenters. The topological polar surface area (TPSA) is 92.3 Å². The van der Waals surface area contributed by atoms with Crippen molar-refractivity contribution in [1.82, 2.24) is 10.2 Å². The Balaban J connectivity index is 1.79. The van der Waals surface area contributed by atoms with Crippen LogP contribution in [-0.2, 0) is 14.8 Å². The van der Waals surface area contributed by atoms with Crippen molar-refractivity contribution in [2.24, 2.45) is 0 Å². The molecule has 152 valence electrons. The molecular formula is C19H19ClN4O3S2. The lowest BCUT2D eigenvalue weighted by molar-refractivity contribution is -0.114. The van der Waals surface area contributed by atoms with Crippen LogP contribution in [0.4, 0.5) is 10.8 Å². The van der Waals surface area contributed by atoms with Crippen LogP contribution >= 0.6 is 22.9 Å². The fourth-order valence-electron chi connectivity index (χ4n) is 2.83. The van der Waals surface area contributed by atoms with Crippen LogP contribution in [0.1, 0.15) is 11.1 Å². The molecule has 0 aliphatic rings. The second kappa shape index (κ2) is 8.48. The van der Waals surface area contributed by atoms with E-state index in [1.54, 1.807) is 24.3 Å². The van der Waals surface area contributed by atoms with Crippen molar-refractivity contribution in [1.29, 1.82) is 0 Å². The lowest BCUT2D eigenvalue weighted by atomic mass is 10.1. The van der Waals surface area contributed by atoms with E-state index in [-0.39, 0.29) is 11.7 Å². The first kappa shape index (κ1) is 21.2. The second-order valence-corrected chi connectivity index (χ2v) is 9.80. The van der Waals surface area contributed by atoms with Gasteiger partial charge >= 0.3 is 0 Å². The molecule has 0 radical (unpaired) electrons. The monoisotopic (exact) mass is 450 g/mol. The largest absolute Gasteiger partial charge is 0.299 e. The number of amides is 1. The van der Waals surface area contributed by atoms with Gasteiger partial charge in [-0.2, -0.15) is 0 Å². The molecular weight excluding hydrogens is 432 g/mol. The molecule has 7 nitrogen and oxygen atoms in total. The van der Waals surface area contributed by atoms with Gasteiger partial charge in [-0.15, -0.1) is 10.2 Å². The number of hydrogen-bond donors (Lipinski definition) is 1. The Labute approximate surface area is 178 Å². The van der Waals surface area contributed by atoms with Crippen LogP contribution in [-0.4, -0.2) is 37.3 Å². The summed E-state index contributed by atoms with van der Waals surface area (Å²) in [6, 6.07) is 12.6. The number of para-hydroxylation sites is 1. The van der Waals surface area contributed by atoms with Crippen molar-refractivity contribution in [3.8, 4) is 10.6 Å². The minimum Gasteiger partial charge on any atom is -0.299 e. The van der Waals surface area contributed by atoms with E-state index in [1.165, 1.54) is 11.3 Å². The van der Waals surface area contributed by atoms with Crippen LogP contribution in [0.2, 0.25) is 5.02 Å². The van der Waals surface area contributed by atoms with Crippen LogP contribution < -0.4 is 9.62 Å². The zero-order chi connectivity index (χ0) is 21.2. The van der Waals surface area contributed by atoms with Gasteiger partial charge in [-0.1, -0.05) is 53.3 Å². The van der Waals surface area contributed by atoms with E-state index in [0.717, 1.165) is 27.3 Å². The van der Waals surface area contributed by atoms with Crippen LogP contribution in [0.3, 0.4) is 0 Å². The predicted molar refractivity (Wildman–Crippen MR) is 117 cm³/mol. The molecule has 29 heavy (non-hydrogen) atoms. The molecule has 0 saturated carbocycles. The number of hydrogen-bond acceptors (Lipinski definition) is 6. The van der Waals surface area contributed by atoms with E-state index in [2.05, 4.69) is 15.5 Å². The minimum atomic E-state index is -3.66. The minimum absolute atomic E-state index is 0.287. The molecule has 0 spiro atoms. The molecule has 0 bridgehead atoms. The van der Waals surface area contributed by atoms with Gasteiger partial charge in [0.05, 0.1) is 11.9 Å². The quantitative estimate of drug-likeness (QED) is 0.615. The molecule has 1 heterocycles. The highest BCUT2D eigenvalue weighted by Gasteiger charge is 2.24. The number of anilines is 2. The van der Waals surface area contributed by atoms with Crippen molar-refractivity contribution in [2.45, 2.75) is 13.8 Å². The van der Waals surface area contributed by atoms with Gasteiger partial charge in [-0.25, -0.2) is 8.42 Å². The SMILES string of the molecule is Cc1cccc(C)c1N(CC(=O)Nc1nnc(-c2ccc(Cl)cc2)s1)S(C)(=O)=O. The summed E-state index contributed by atoms with van der Waals surface area (Å²) >= 11 is 7.08. The van der Waals surface area contributed by atoms with Gasteiger partial charge in [-0.3, -0.25) is 14.4 Å². The zero-order valence-electron chi connectivity index (χ0n) is 16.0. The smallest absolute Gasteiger partial charge is 0.246 e. The number of carbonyl (C=O) groups excluding carboxylic acids is 1. The average Bonchev–Trinajstić information content (AvgIpc) is 3.09. The van der Waals surface area contributed by atoms with Crippen molar-refractivity contribution in [2.75, 3.05) is 22.4 Å². The number of halogens is 1. The summed E-state index contributed by atoms with van der Waals surface area (Å²) in [5, 5.41) is 12.2. The fraction of sp³-hybridized carbons (Fsp3) is 0.211. The molecule has 0 saturated heterocycles. The van der Waals surface area contributed by atoms with Crippen LogP contribution in [0, 0.1) is 13.8 Å². The van der Waals surface area contributed by atoms with Gasteiger partial charge < -0.3 is 0 Å². The Bertz CT molecular complexity index is 1120. The number of nitrogens with one attached hydrogen (secondary N) is 1. The maximum atomic E-state index is 12.6.